The molecular weight excluding hydrogens is 498 g/mol. The van der Waals surface area contributed by atoms with Crippen LogP contribution in [0.4, 0.5) is 5.69 Å². The first-order chi connectivity index (χ1) is 17.4. The van der Waals surface area contributed by atoms with Gasteiger partial charge in [0.2, 0.25) is 0 Å². The van der Waals surface area contributed by atoms with Crippen LogP contribution in [0.5, 0.6) is 5.75 Å². The van der Waals surface area contributed by atoms with Crippen molar-refractivity contribution in [2.75, 3.05) is 0 Å². The molecule has 7 nitrogen and oxygen atoms in total. The molecular formula is C27H18ClN3O4S. The Balaban J connectivity index is 1.63. The lowest BCUT2D eigenvalue weighted by molar-refractivity contribution is -0.384. The number of allylic oxidation sites excluding steroid dienone is 1. The second kappa shape index (κ2) is 8.58. The van der Waals surface area contributed by atoms with Gasteiger partial charge in [-0.15, -0.1) is 0 Å². The molecule has 0 fully saturated rings. The first kappa shape index (κ1) is 22.5. The van der Waals surface area contributed by atoms with Crippen LogP contribution in [-0.2, 0) is 6.42 Å². The maximum atomic E-state index is 13.8. The maximum Gasteiger partial charge on any atom is 0.271 e. The number of nitro benzene ring substituents is 1. The quantitative estimate of drug-likeness (QED) is 0.319. The smallest absolute Gasteiger partial charge is 0.271 e. The molecule has 0 saturated heterocycles. The average Bonchev–Trinajstić information content (AvgIpc) is 3.19. The monoisotopic (exact) mass is 515 g/mol. The highest BCUT2D eigenvalue weighted by molar-refractivity contribution is 7.07. The molecule has 1 aromatic heterocycles. The van der Waals surface area contributed by atoms with Gasteiger partial charge in [0.15, 0.2) is 4.80 Å². The largest absolute Gasteiger partial charge is 0.507 e. The molecule has 1 atom stereocenters. The minimum absolute atomic E-state index is 0.151. The summed E-state index contributed by atoms with van der Waals surface area (Å²) in [5.41, 5.74) is 4.67. The third-order valence-electron chi connectivity index (χ3n) is 6.58. The molecule has 36 heavy (non-hydrogen) atoms. The van der Waals surface area contributed by atoms with Gasteiger partial charge >= 0.3 is 0 Å². The number of hydrogen-bond donors (Lipinski definition) is 1. The number of aryl methyl sites for hydroxylation is 1. The van der Waals surface area contributed by atoms with E-state index in [1.807, 2.05) is 42.5 Å². The van der Waals surface area contributed by atoms with Crippen LogP contribution in [-0.4, -0.2) is 14.6 Å². The fourth-order valence-electron chi connectivity index (χ4n) is 4.91. The van der Waals surface area contributed by atoms with E-state index in [2.05, 4.69) is 6.07 Å². The SMILES string of the molecule is O=c1c(=Cc2cc([N+](=O)[O-])ccc2O)sc2n1[C@H](c1ccccc1Cl)C1=C(N=2)c2ccccc2CC1. The molecule has 0 saturated carbocycles. The van der Waals surface area contributed by atoms with E-state index < -0.39 is 11.0 Å². The number of aromatic hydroxyl groups is 1. The van der Waals surface area contributed by atoms with Gasteiger partial charge in [-0.2, -0.15) is 0 Å². The van der Waals surface area contributed by atoms with E-state index in [1.54, 1.807) is 4.57 Å². The van der Waals surface area contributed by atoms with Crippen molar-refractivity contribution in [3.05, 3.63) is 129 Å². The Morgan fingerprint density at radius 2 is 1.89 bits per heavy atom. The molecule has 0 unspecified atom stereocenters. The van der Waals surface area contributed by atoms with Gasteiger partial charge in [0.1, 0.15) is 5.75 Å². The number of nitro groups is 1. The van der Waals surface area contributed by atoms with Gasteiger partial charge in [-0.25, -0.2) is 4.99 Å². The van der Waals surface area contributed by atoms with Crippen molar-refractivity contribution in [2.45, 2.75) is 18.9 Å². The highest BCUT2D eigenvalue weighted by Gasteiger charge is 2.33. The zero-order valence-electron chi connectivity index (χ0n) is 18.7. The molecule has 178 valence electrons. The van der Waals surface area contributed by atoms with Gasteiger partial charge in [0.25, 0.3) is 11.2 Å². The lowest BCUT2D eigenvalue weighted by atomic mass is 9.83. The summed E-state index contributed by atoms with van der Waals surface area (Å²) in [6.07, 6.45) is 3.05. The van der Waals surface area contributed by atoms with Gasteiger partial charge < -0.3 is 5.11 Å². The zero-order valence-corrected chi connectivity index (χ0v) is 20.3. The summed E-state index contributed by atoms with van der Waals surface area (Å²) in [5, 5.41) is 22.1. The van der Waals surface area contributed by atoms with Gasteiger partial charge in [0, 0.05) is 28.3 Å². The molecule has 3 aromatic carbocycles. The van der Waals surface area contributed by atoms with Gasteiger partial charge in [-0.1, -0.05) is 65.4 Å². The van der Waals surface area contributed by atoms with Crippen LogP contribution in [0.15, 0.2) is 82.1 Å². The molecule has 6 rings (SSSR count). The van der Waals surface area contributed by atoms with Crippen LogP contribution < -0.4 is 14.9 Å². The van der Waals surface area contributed by atoms with Crippen molar-refractivity contribution in [3.8, 4) is 5.75 Å². The molecule has 0 amide bonds. The second-order valence-corrected chi connectivity index (χ2v) is 10.1. The summed E-state index contributed by atoms with van der Waals surface area (Å²) in [6.45, 7) is 0. The first-order valence-electron chi connectivity index (χ1n) is 11.3. The zero-order chi connectivity index (χ0) is 25.0. The minimum atomic E-state index is -0.540. The van der Waals surface area contributed by atoms with E-state index in [9.17, 15) is 20.0 Å². The Bertz CT molecular complexity index is 1790. The summed E-state index contributed by atoms with van der Waals surface area (Å²) >= 11 is 7.83. The van der Waals surface area contributed by atoms with Crippen LogP contribution in [0.1, 0.15) is 34.7 Å². The fourth-order valence-corrected chi connectivity index (χ4v) is 6.14. The van der Waals surface area contributed by atoms with Crippen molar-refractivity contribution in [1.82, 2.24) is 4.57 Å². The van der Waals surface area contributed by atoms with Crippen molar-refractivity contribution in [1.29, 1.82) is 0 Å². The number of hydrogen-bond acceptors (Lipinski definition) is 6. The summed E-state index contributed by atoms with van der Waals surface area (Å²) in [5.74, 6) is -0.151. The standard InChI is InChI=1S/C27H18ClN3O4S/c28-21-8-4-3-7-19(21)25-20-11-9-15-5-1-2-6-18(15)24(20)29-27-30(25)26(33)23(36-27)14-16-13-17(31(34)35)10-12-22(16)32/h1-8,10,12-14,25,32H,9,11H2/t25-/m1/s1. The number of nitrogens with zero attached hydrogens (tertiary/aromatic N) is 3. The predicted molar refractivity (Wildman–Crippen MR) is 139 cm³/mol. The molecule has 1 aliphatic heterocycles. The Hall–Kier alpha value is -4.01. The number of rotatable bonds is 3. The van der Waals surface area contributed by atoms with Crippen LogP contribution in [0.2, 0.25) is 5.02 Å². The molecule has 9 heteroatoms. The average molecular weight is 516 g/mol. The number of aromatic nitrogens is 1. The number of non-ortho nitro benzene ring substituents is 1. The fraction of sp³-hybridized carbons (Fsp3) is 0.111. The van der Waals surface area contributed by atoms with Crippen LogP contribution in [0, 0.1) is 10.1 Å². The number of phenols is 1. The number of thiazole rings is 1. The molecule has 0 bridgehead atoms. The second-order valence-electron chi connectivity index (χ2n) is 8.64. The third-order valence-corrected chi connectivity index (χ3v) is 7.91. The lowest BCUT2D eigenvalue weighted by Gasteiger charge is -2.31. The van der Waals surface area contributed by atoms with E-state index in [4.69, 9.17) is 16.6 Å². The summed E-state index contributed by atoms with van der Waals surface area (Å²) in [6, 6.07) is 18.9. The topological polar surface area (TPSA) is 97.7 Å². The third kappa shape index (κ3) is 3.57. The molecule has 2 aliphatic rings. The predicted octanol–water partition coefficient (Wildman–Crippen LogP) is 4.59. The Morgan fingerprint density at radius 3 is 2.69 bits per heavy atom. The molecule has 0 spiro atoms. The van der Waals surface area contributed by atoms with Gasteiger partial charge in [-0.3, -0.25) is 19.5 Å². The van der Waals surface area contributed by atoms with E-state index in [-0.39, 0.29) is 22.6 Å². The molecule has 1 aliphatic carbocycles. The highest BCUT2D eigenvalue weighted by atomic mass is 35.5. The van der Waals surface area contributed by atoms with Crippen molar-refractivity contribution in [3.63, 3.8) is 0 Å². The van der Waals surface area contributed by atoms with E-state index in [1.165, 1.54) is 41.2 Å². The molecule has 1 N–H and O–H groups in total. The molecule has 4 aromatic rings. The van der Waals surface area contributed by atoms with Gasteiger partial charge in [0.05, 0.1) is 21.2 Å². The highest BCUT2D eigenvalue weighted by Crippen LogP contribution is 2.42. The van der Waals surface area contributed by atoms with Crippen LogP contribution >= 0.6 is 22.9 Å². The summed E-state index contributed by atoms with van der Waals surface area (Å²) < 4.78 is 1.97. The normalized spacial score (nSPS) is 16.7. The number of phenolic OH excluding ortho intramolecular Hbond substituents is 1. The Morgan fingerprint density at radius 1 is 1.11 bits per heavy atom. The van der Waals surface area contributed by atoms with Gasteiger partial charge in [-0.05, 0) is 47.8 Å². The van der Waals surface area contributed by atoms with E-state index in [0.717, 1.165) is 35.2 Å². The number of benzene rings is 3. The van der Waals surface area contributed by atoms with E-state index in [0.29, 0.717) is 14.4 Å². The van der Waals surface area contributed by atoms with Crippen molar-refractivity contribution >= 4 is 40.4 Å². The molecule has 0 radical (unpaired) electrons. The summed E-state index contributed by atoms with van der Waals surface area (Å²) in [4.78, 5) is 29.9. The Labute approximate surface area is 213 Å². The first-order valence-corrected chi connectivity index (χ1v) is 12.5. The lowest BCUT2D eigenvalue weighted by Crippen LogP contribution is -2.38. The van der Waals surface area contributed by atoms with Crippen LogP contribution in [0.25, 0.3) is 11.8 Å². The van der Waals surface area contributed by atoms with Crippen molar-refractivity contribution in [2.24, 2.45) is 4.99 Å². The van der Waals surface area contributed by atoms with Crippen LogP contribution in [0.3, 0.4) is 0 Å². The number of fused-ring (bicyclic) bond motifs is 3. The Kier molecular flexibility index (Phi) is 5.35. The maximum absolute atomic E-state index is 13.8. The minimum Gasteiger partial charge on any atom is -0.507 e. The molecule has 2 heterocycles. The summed E-state index contributed by atoms with van der Waals surface area (Å²) in [7, 11) is 0. The van der Waals surface area contributed by atoms with E-state index >= 15 is 0 Å². The van der Waals surface area contributed by atoms with Crippen molar-refractivity contribution < 1.29 is 10.0 Å². The number of halogens is 1.